The second-order valence-electron chi connectivity index (χ2n) is 2.80. The second kappa shape index (κ2) is 5.38. The first-order valence-electron chi connectivity index (χ1n) is 4.30. The SMILES string of the molecule is CNCC#Cc1ccc(CO)cc1F. The lowest BCUT2D eigenvalue weighted by Gasteiger charge is -1.97. The quantitative estimate of drug-likeness (QED) is 0.684. The highest BCUT2D eigenvalue weighted by molar-refractivity contribution is 5.37. The molecule has 0 radical (unpaired) electrons. The first-order valence-corrected chi connectivity index (χ1v) is 4.30. The van der Waals surface area contributed by atoms with E-state index in [1.54, 1.807) is 19.2 Å². The van der Waals surface area contributed by atoms with Crippen LogP contribution in [-0.4, -0.2) is 18.7 Å². The highest BCUT2D eigenvalue weighted by Gasteiger charge is 1.99. The highest BCUT2D eigenvalue weighted by atomic mass is 19.1. The minimum atomic E-state index is -0.389. The molecule has 0 aliphatic heterocycles. The van der Waals surface area contributed by atoms with Crippen molar-refractivity contribution in [2.75, 3.05) is 13.6 Å². The molecule has 0 saturated heterocycles. The Kier molecular flexibility index (Phi) is 4.11. The van der Waals surface area contributed by atoms with E-state index in [0.717, 1.165) is 0 Å². The van der Waals surface area contributed by atoms with Crippen LogP contribution >= 0.6 is 0 Å². The van der Waals surface area contributed by atoms with Gasteiger partial charge in [0.15, 0.2) is 0 Å². The Morgan fingerprint density at radius 3 is 2.86 bits per heavy atom. The molecule has 0 fully saturated rings. The lowest BCUT2D eigenvalue weighted by Crippen LogP contribution is -2.04. The molecule has 3 heteroatoms. The molecule has 0 atom stereocenters. The van der Waals surface area contributed by atoms with Gasteiger partial charge >= 0.3 is 0 Å². The zero-order valence-corrected chi connectivity index (χ0v) is 7.97. The van der Waals surface area contributed by atoms with E-state index in [-0.39, 0.29) is 12.4 Å². The van der Waals surface area contributed by atoms with E-state index >= 15 is 0 Å². The lowest BCUT2D eigenvalue weighted by atomic mass is 10.1. The monoisotopic (exact) mass is 193 g/mol. The van der Waals surface area contributed by atoms with Crippen LogP contribution in [0.1, 0.15) is 11.1 Å². The van der Waals surface area contributed by atoms with Crippen LogP contribution in [0.5, 0.6) is 0 Å². The van der Waals surface area contributed by atoms with E-state index in [4.69, 9.17) is 5.11 Å². The zero-order valence-electron chi connectivity index (χ0n) is 7.97. The van der Waals surface area contributed by atoms with Crippen LogP contribution in [0, 0.1) is 17.7 Å². The largest absolute Gasteiger partial charge is 0.392 e. The molecule has 14 heavy (non-hydrogen) atoms. The van der Waals surface area contributed by atoms with Gasteiger partial charge in [-0.15, -0.1) is 0 Å². The van der Waals surface area contributed by atoms with Crippen LogP contribution in [-0.2, 0) is 6.61 Å². The molecular weight excluding hydrogens is 181 g/mol. The van der Waals surface area contributed by atoms with Crippen LogP contribution < -0.4 is 5.32 Å². The first-order chi connectivity index (χ1) is 6.77. The minimum absolute atomic E-state index is 0.152. The normalized spacial score (nSPS) is 9.36. The third kappa shape index (κ3) is 2.84. The molecule has 0 aromatic heterocycles. The van der Waals surface area contributed by atoms with Crippen LogP contribution in [0.2, 0.25) is 0 Å². The Bertz CT molecular complexity index is 365. The molecule has 0 unspecified atom stereocenters. The summed E-state index contributed by atoms with van der Waals surface area (Å²) in [5.41, 5.74) is 0.916. The summed E-state index contributed by atoms with van der Waals surface area (Å²) in [4.78, 5) is 0. The molecule has 0 amide bonds. The maximum atomic E-state index is 13.2. The fraction of sp³-hybridized carbons (Fsp3) is 0.273. The Hall–Kier alpha value is -1.37. The van der Waals surface area contributed by atoms with Crippen molar-refractivity contribution in [1.29, 1.82) is 0 Å². The maximum Gasteiger partial charge on any atom is 0.139 e. The molecule has 0 bridgehead atoms. The molecule has 0 aliphatic rings. The maximum absolute atomic E-state index is 13.2. The molecule has 0 heterocycles. The molecule has 0 aliphatic carbocycles. The van der Waals surface area contributed by atoms with Crippen molar-refractivity contribution < 1.29 is 9.50 Å². The molecule has 1 aromatic rings. The third-order valence-corrected chi connectivity index (χ3v) is 1.70. The van der Waals surface area contributed by atoms with Crippen LogP contribution in [0.25, 0.3) is 0 Å². The molecule has 74 valence electrons. The fourth-order valence-corrected chi connectivity index (χ4v) is 0.986. The lowest BCUT2D eigenvalue weighted by molar-refractivity contribution is 0.281. The molecule has 1 aromatic carbocycles. The number of hydrogen-bond donors (Lipinski definition) is 2. The van der Waals surface area contributed by atoms with Crippen molar-refractivity contribution in [3.63, 3.8) is 0 Å². The van der Waals surface area contributed by atoms with Crippen molar-refractivity contribution in [3.8, 4) is 11.8 Å². The summed E-state index contributed by atoms with van der Waals surface area (Å²) in [6, 6.07) is 4.53. The van der Waals surface area contributed by atoms with E-state index in [1.165, 1.54) is 6.07 Å². The van der Waals surface area contributed by atoms with Crippen LogP contribution in [0.3, 0.4) is 0 Å². The van der Waals surface area contributed by atoms with Crippen molar-refractivity contribution >= 4 is 0 Å². The van der Waals surface area contributed by atoms with Crippen molar-refractivity contribution in [3.05, 3.63) is 35.1 Å². The van der Waals surface area contributed by atoms with E-state index in [2.05, 4.69) is 17.2 Å². The average molecular weight is 193 g/mol. The average Bonchev–Trinajstić information content (AvgIpc) is 2.20. The minimum Gasteiger partial charge on any atom is -0.392 e. The molecule has 0 saturated carbocycles. The van der Waals surface area contributed by atoms with Gasteiger partial charge < -0.3 is 10.4 Å². The number of benzene rings is 1. The summed E-state index contributed by atoms with van der Waals surface area (Å²) in [5, 5.41) is 11.6. The predicted molar refractivity (Wildman–Crippen MR) is 53.1 cm³/mol. The number of rotatable bonds is 2. The molecule has 0 spiro atoms. The highest BCUT2D eigenvalue weighted by Crippen LogP contribution is 2.08. The van der Waals surface area contributed by atoms with Gasteiger partial charge in [-0.2, -0.15) is 0 Å². The van der Waals surface area contributed by atoms with Crippen molar-refractivity contribution in [2.24, 2.45) is 0 Å². The van der Waals surface area contributed by atoms with E-state index in [9.17, 15) is 4.39 Å². The Morgan fingerprint density at radius 1 is 1.50 bits per heavy atom. The third-order valence-electron chi connectivity index (χ3n) is 1.70. The van der Waals surface area contributed by atoms with E-state index in [0.29, 0.717) is 17.7 Å². The topological polar surface area (TPSA) is 32.3 Å². The van der Waals surface area contributed by atoms with Gasteiger partial charge in [0, 0.05) is 0 Å². The molecular formula is C11H12FNO. The Balaban J connectivity index is 2.85. The number of hydrogen-bond acceptors (Lipinski definition) is 2. The molecule has 1 rings (SSSR count). The van der Waals surface area contributed by atoms with Gasteiger partial charge in [-0.25, -0.2) is 4.39 Å². The van der Waals surface area contributed by atoms with Gasteiger partial charge in [0.2, 0.25) is 0 Å². The Labute approximate surface area is 82.8 Å². The van der Waals surface area contributed by atoms with Gasteiger partial charge in [0.05, 0.1) is 18.7 Å². The summed E-state index contributed by atoms with van der Waals surface area (Å²) in [6.45, 7) is 0.377. The summed E-state index contributed by atoms with van der Waals surface area (Å²) >= 11 is 0. The van der Waals surface area contributed by atoms with Crippen LogP contribution in [0.15, 0.2) is 18.2 Å². The predicted octanol–water partition coefficient (Wildman–Crippen LogP) is 0.889. The molecule has 2 nitrogen and oxygen atoms in total. The van der Waals surface area contributed by atoms with Crippen molar-refractivity contribution in [2.45, 2.75) is 6.61 Å². The number of halogens is 1. The fourth-order valence-electron chi connectivity index (χ4n) is 0.986. The van der Waals surface area contributed by atoms with Gasteiger partial charge in [0.1, 0.15) is 5.82 Å². The van der Waals surface area contributed by atoms with Crippen LogP contribution in [0.4, 0.5) is 4.39 Å². The summed E-state index contributed by atoms with van der Waals surface area (Å²) in [7, 11) is 1.78. The van der Waals surface area contributed by atoms with E-state index in [1.807, 2.05) is 0 Å². The number of nitrogens with one attached hydrogen (secondary N) is 1. The first kappa shape index (κ1) is 10.7. The Morgan fingerprint density at radius 2 is 2.29 bits per heavy atom. The molecule has 2 N–H and O–H groups in total. The summed E-state index contributed by atoms with van der Waals surface area (Å²) in [5.74, 6) is 5.07. The zero-order chi connectivity index (χ0) is 10.4. The number of aliphatic hydroxyl groups excluding tert-OH is 1. The van der Waals surface area contributed by atoms with Gasteiger partial charge in [-0.3, -0.25) is 0 Å². The van der Waals surface area contributed by atoms with Gasteiger partial charge in [-0.1, -0.05) is 17.9 Å². The standard InChI is InChI=1S/C11H12FNO/c1-13-6-2-3-10-5-4-9(8-14)7-11(10)12/h4-5,7,13-14H,6,8H2,1H3. The van der Waals surface area contributed by atoms with Gasteiger partial charge in [0.25, 0.3) is 0 Å². The second-order valence-corrected chi connectivity index (χ2v) is 2.80. The van der Waals surface area contributed by atoms with Crippen molar-refractivity contribution in [1.82, 2.24) is 5.32 Å². The van der Waals surface area contributed by atoms with Gasteiger partial charge in [-0.05, 0) is 24.7 Å². The smallest absolute Gasteiger partial charge is 0.139 e. The summed E-state index contributed by atoms with van der Waals surface area (Å²) in [6.07, 6.45) is 0. The summed E-state index contributed by atoms with van der Waals surface area (Å²) < 4.78 is 13.2. The number of aliphatic hydroxyl groups is 1. The van der Waals surface area contributed by atoms with E-state index < -0.39 is 0 Å².